The van der Waals surface area contributed by atoms with Gasteiger partial charge in [-0.15, -0.1) is 12.6 Å². The summed E-state index contributed by atoms with van der Waals surface area (Å²) >= 11 is 4.45. The predicted molar refractivity (Wildman–Crippen MR) is 75.1 cm³/mol. The molecule has 0 atom stereocenters. The van der Waals surface area contributed by atoms with Crippen LogP contribution in [0.15, 0.2) is 41.4 Å². The molecule has 0 fully saturated rings. The molecular formula is C14H13N3S. The maximum Gasteiger partial charge on any atom is 0.164 e. The zero-order valence-electron chi connectivity index (χ0n) is 10.3. The van der Waals surface area contributed by atoms with Crippen LogP contribution < -0.4 is 0 Å². The third kappa shape index (κ3) is 1.69. The van der Waals surface area contributed by atoms with Crippen LogP contribution in [0.5, 0.6) is 0 Å². The van der Waals surface area contributed by atoms with E-state index in [0.717, 1.165) is 33.2 Å². The van der Waals surface area contributed by atoms with Crippen molar-refractivity contribution in [3.05, 3.63) is 47.8 Å². The number of hydrogen-bond acceptors (Lipinski definition) is 3. The fourth-order valence-corrected chi connectivity index (χ4v) is 2.49. The van der Waals surface area contributed by atoms with Gasteiger partial charge < -0.3 is 0 Å². The highest BCUT2D eigenvalue weighted by Gasteiger charge is 2.14. The molecule has 0 aliphatic rings. The molecule has 2 aromatic heterocycles. The van der Waals surface area contributed by atoms with Crippen molar-refractivity contribution in [3.8, 4) is 11.1 Å². The fourth-order valence-electron chi connectivity index (χ4n) is 2.17. The smallest absolute Gasteiger partial charge is 0.164 e. The number of hydrogen-bond donors (Lipinski definition) is 1. The highest BCUT2D eigenvalue weighted by Crippen LogP contribution is 2.28. The normalized spacial score (nSPS) is 11.1. The average Bonchev–Trinajstić information content (AvgIpc) is 2.67. The molecule has 0 aliphatic heterocycles. The largest absolute Gasteiger partial charge is 0.233 e. The maximum atomic E-state index is 4.59. The minimum absolute atomic E-state index is 0.808. The molecular weight excluding hydrogens is 242 g/mol. The van der Waals surface area contributed by atoms with E-state index in [4.69, 9.17) is 0 Å². The standard InChI is InChI=1S/C14H13N3S/c1-9-8-12(18)17-14(15-9)13(10(2)16-17)11-6-4-3-5-7-11/h3-8,18H,1-2H3. The van der Waals surface area contributed by atoms with Crippen molar-refractivity contribution < 1.29 is 0 Å². The fraction of sp³-hybridized carbons (Fsp3) is 0.143. The molecule has 3 aromatic rings. The number of aromatic nitrogens is 3. The summed E-state index contributed by atoms with van der Waals surface area (Å²) < 4.78 is 1.79. The summed E-state index contributed by atoms with van der Waals surface area (Å²) in [4.78, 5) is 4.59. The van der Waals surface area contributed by atoms with Crippen molar-refractivity contribution in [3.63, 3.8) is 0 Å². The van der Waals surface area contributed by atoms with Crippen LogP contribution in [-0.2, 0) is 0 Å². The molecule has 0 aliphatic carbocycles. The first-order valence-corrected chi connectivity index (χ1v) is 6.23. The number of thiol groups is 1. The molecule has 4 heteroatoms. The van der Waals surface area contributed by atoms with E-state index in [1.807, 2.05) is 38.1 Å². The van der Waals surface area contributed by atoms with Crippen molar-refractivity contribution in [2.75, 3.05) is 0 Å². The van der Waals surface area contributed by atoms with Gasteiger partial charge in [-0.2, -0.15) is 5.10 Å². The summed E-state index contributed by atoms with van der Waals surface area (Å²) in [6.07, 6.45) is 0. The maximum absolute atomic E-state index is 4.59. The van der Waals surface area contributed by atoms with Crippen LogP contribution in [0, 0.1) is 13.8 Å². The quantitative estimate of drug-likeness (QED) is 0.534. The first kappa shape index (κ1) is 11.3. The summed E-state index contributed by atoms with van der Waals surface area (Å²) in [5.74, 6) is 0. The van der Waals surface area contributed by atoms with Gasteiger partial charge >= 0.3 is 0 Å². The highest BCUT2D eigenvalue weighted by molar-refractivity contribution is 7.80. The molecule has 1 aromatic carbocycles. The molecule has 3 rings (SSSR count). The molecule has 0 amide bonds. The van der Waals surface area contributed by atoms with Crippen molar-refractivity contribution >= 4 is 18.3 Å². The Kier molecular flexibility index (Phi) is 2.59. The molecule has 0 N–H and O–H groups in total. The van der Waals surface area contributed by atoms with Gasteiger partial charge in [0.1, 0.15) is 0 Å². The third-order valence-electron chi connectivity index (χ3n) is 2.94. The van der Waals surface area contributed by atoms with Crippen LogP contribution in [0.2, 0.25) is 0 Å². The summed E-state index contributed by atoms with van der Waals surface area (Å²) in [7, 11) is 0. The molecule has 0 saturated carbocycles. The molecule has 90 valence electrons. The predicted octanol–water partition coefficient (Wildman–Crippen LogP) is 3.30. The van der Waals surface area contributed by atoms with Crippen LogP contribution >= 0.6 is 12.6 Å². The first-order valence-electron chi connectivity index (χ1n) is 5.78. The number of nitrogens with zero attached hydrogens (tertiary/aromatic N) is 3. The second-order valence-electron chi connectivity index (χ2n) is 4.32. The Hall–Kier alpha value is -1.81. The van der Waals surface area contributed by atoms with Gasteiger partial charge in [0.25, 0.3) is 0 Å². The summed E-state index contributed by atoms with van der Waals surface area (Å²) in [6.45, 7) is 3.97. The van der Waals surface area contributed by atoms with E-state index in [1.54, 1.807) is 4.52 Å². The lowest BCUT2D eigenvalue weighted by molar-refractivity contribution is 0.824. The Morgan fingerprint density at radius 2 is 1.83 bits per heavy atom. The minimum Gasteiger partial charge on any atom is -0.233 e. The zero-order chi connectivity index (χ0) is 12.7. The Balaban J connectivity index is 2.39. The van der Waals surface area contributed by atoms with E-state index < -0.39 is 0 Å². The summed E-state index contributed by atoms with van der Waals surface area (Å²) in [6, 6.07) is 12.1. The van der Waals surface area contributed by atoms with Gasteiger partial charge in [-0.05, 0) is 25.5 Å². The second-order valence-corrected chi connectivity index (χ2v) is 4.78. The highest BCUT2D eigenvalue weighted by atomic mass is 32.1. The lowest BCUT2D eigenvalue weighted by Crippen LogP contribution is -1.95. The number of rotatable bonds is 1. The van der Waals surface area contributed by atoms with Gasteiger partial charge in [0.15, 0.2) is 5.65 Å². The van der Waals surface area contributed by atoms with E-state index in [2.05, 4.69) is 34.8 Å². The number of fused-ring (bicyclic) bond motifs is 1. The second kappa shape index (κ2) is 4.14. The monoisotopic (exact) mass is 255 g/mol. The Labute approximate surface area is 111 Å². The van der Waals surface area contributed by atoms with Gasteiger partial charge in [0, 0.05) is 11.3 Å². The van der Waals surface area contributed by atoms with Gasteiger partial charge in [-0.3, -0.25) is 0 Å². The lowest BCUT2D eigenvalue weighted by Gasteiger charge is -2.02. The van der Waals surface area contributed by atoms with E-state index >= 15 is 0 Å². The molecule has 2 heterocycles. The van der Waals surface area contributed by atoms with Crippen LogP contribution in [0.4, 0.5) is 0 Å². The zero-order valence-corrected chi connectivity index (χ0v) is 11.1. The molecule has 0 bridgehead atoms. The van der Waals surface area contributed by atoms with Crippen LogP contribution in [0.3, 0.4) is 0 Å². The molecule has 0 unspecified atom stereocenters. The van der Waals surface area contributed by atoms with Crippen molar-refractivity contribution in [2.24, 2.45) is 0 Å². The van der Waals surface area contributed by atoms with Crippen LogP contribution in [-0.4, -0.2) is 14.6 Å². The average molecular weight is 255 g/mol. The van der Waals surface area contributed by atoms with Crippen molar-refractivity contribution in [2.45, 2.75) is 18.9 Å². The van der Waals surface area contributed by atoms with Crippen molar-refractivity contribution in [1.82, 2.24) is 14.6 Å². The SMILES string of the molecule is Cc1cc(S)n2nc(C)c(-c3ccccc3)c2n1. The van der Waals surface area contributed by atoms with Gasteiger partial charge in [-0.25, -0.2) is 9.50 Å². The Morgan fingerprint density at radius 1 is 1.11 bits per heavy atom. The molecule has 0 saturated heterocycles. The van der Waals surface area contributed by atoms with E-state index in [9.17, 15) is 0 Å². The molecule has 18 heavy (non-hydrogen) atoms. The van der Waals surface area contributed by atoms with Crippen LogP contribution in [0.25, 0.3) is 16.8 Å². The first-order chi connectivity index (χ1) is 8.66. The molecule has 0 spiro atoms. The Bertz CT molecular complexity index is 717. The minimum atomic E-state index is 0.808. The molecule has 3 nitrogen and oxygen atoms in total. The van der Waals surface area contributed by atoms with Gasteiger partial charge in [0.2, 0.25) is 0 Å². The lowest BCUT2D eigenvalue weighted by atomic mass is 10.1. The summed E-state index contributed by atoms with van der Waals surface area (Å²) in [5.41, 5.74) is 4.99. The number of aryl methyl sites for hydroxylation is 2. The van der Waals surface area contributed by atoms with E-state index in [1.165, 1.54) is 0 Å². The van der Waals surface area contributed by atoms with Gasteiger partial charge in [0.05, 0.1) is 10.7 Å². The van der Waals surface area contributed by atoms with Crippen molar-refractivity contribution in [1.29, 1.82) is 0 Å². The van der Waals surface area contributed by atoms with E-state index in [0.29, 0.717) is 0 Å². The topological polar surface area (TPSA) is 30.2 Å². The summed E-state index contributed by atoms with van der Waals surface area (Å²) in [5, 5.41) is 5.32. The van der Waals surface area contributed by atoms with E-state index in [-0.39, 0.29) is 0 Å². The van der Waals surface area contributed by atoms with Gasteiger partial charge in [-0.1, -0.05) is 30.3 Å². The van der Waals surface area contributed by atoms with Crippen LogP contribution in [0.1, 0.15) is 11.4 Å². The Morgan fingerprint density at radius 3 is 2.56 bits per heavy atom. The third-order valence-corrected chi connectivity index (χ3v) is 3.25. The number of benzene rings is 1. The molecule has 0 radical (unpaired) electrons.